The Kier molecular flexibility index (Phi) is 5.03. The van der Waals surface area contributed by atoms with Crippen molar-refractivity contribution in [1.29, 1.82) is 0 Å². The van der Waals surface area contributed by atoms with Crippen molar-refractivity contribution in [1.82, 2.24) is 14.8 Å². The van der Waals surface area contributed by atoms with Crippen LogP contribution < -0.4 is 5.32 Å². The number of aromatic nitrogens is 3. The summed E-state index contributed by atoms with van der Waals surface area (Å²) >= 11 is 1.29. The fourth-order valence-corrected chi connectivity index (χ4v) is 3.86. The van der Waals surface area contributed by atoms with Crippen LogP contribution in [0.3, 0.4) is 0 Å². The lowest BCUT2D eigenvalue weighted by Gasteiger charge is -2.02. The normalized spacial score (nSPS) is 11.1. The highest BCUT2D eigenvalue weighted by Crippen LogP contribution is 2.27. The van der Waals surface area contributed by atoms with Crippen molar-refractivity contribution >= 4 is 39.2 Å². The fraction of sp³-hybridized carbons (Fsp3) is 0.333. The van der Waals surface area contributed by atoms with Crippen LogP contribution >= 0.6 is 11.3 Å². The van der Waals surface area contributed by atoms with Gasteiger partial charge in [-0.15, -0.1) is 11.3 Å². The smallest absolute Gasteiger partial charge is 0.357 e. The minimum atomic E-state index is -0.499. The van der Waals surface area contributed by atoms with E-state index in [0.29, 0.717) is 23.2 Å². The summed E-state index contributed by atoms with van der Waals surface area (Å²) in [6.07, 6.45) is 0.685. The maximum atomic E-state index is 12.7. The molecular weight excluding hydrogens is 352 g/mol. The number of ether oxygens (including phenoxy) is 1. The van der Waals surface area contributed by atoms with Crippen molar-refractivity contribution in [2.45, 2.75) is 20.3 Å². The van der Waals surface area contributed by atoms with Gasteiger partial charge in [-0.3, -0.25) is 14.8 Å². The lowest BCUT2D eigenvalue weighted by molar-refractivity contribution is 0.0593. The van der Waals surface area contributed by atoms with E-state index >= 15 is 0 Å². The maximum Gasteiger partial charge on any atom is 0.357 e. The maximum absolute atomic E-state index is 12.7. The van der Waals surface area contributed by atoms with E-state index in [1.807, 2.05) is 24.3 Å². The number of benzene rings is 1. The molecular formula is C18H20N4O3S. The van der Waals surface area contributed by atoms with Gasteiger partial charge in [0.1, 0.15) is 0 Å². The third kappa shape index (κ3) is 3.45. The Labute approximate surface area is 155 Å². The first-order valence-electron chi connectivity index (χ1n) is 8.21. The molecule has 0 bridgehead atoms. The molecule has 1 N–H and O–H groups in total. The van der Waals surface area contributed by atoms with Crippen molar-refractivity contribution in [3.05, 3.63) is 40.5 Å². The quantitative estimate of drug-likeness (QED) is 0.695. The number of esters is 1. The number of anilines is 1. The Morgan fingerprint density at radius 1 is 1.27 bits per heavy atom. The molecule has 3 aromatic rings. The second-order valence-corrected chi connectivity index (χ2v) is 7.41. The molecule has 1 aromatic carbocycles. The molecule has 0 aliphatic rings. The number of carbonyl (C=O) groups excluding carboxylic acids is 2. The number of thiazole rings is 1. The largest absolute Gasteiger partial charge is 0.464 e. The summed E-state index contributed by atoms with van der Waals surface area (Å²) in [6.45, 7) is 4.11. The molecule has 2 heterocycles. The number of nitrogens with one attached hydrogen (secondary N) is 1. The summed E-state index contributed by atoms with van der Waals surface area (Å²) in [6, 6.07) is 7.51. The average Bonchev–Trinajstić information content (AvgIpc) is 3.15. The van der Waals surface area contributed by atoms with Crippen molar-refractivity contribution in [3.8, 4) is 0 Å². The van der Waals surface area contributed by atoms with Gasteiger partial charge in [-0.2, -0.15) is 5.10 Å². The highest BCUT2D eigenvalue weighted by atomic mass is 32.1. The summed E-state index contributed by atoms with van der Waals surface area (Å²) in [7, 11) is 3.11. The Balaban J connectivity index is 1.91. The lowest BCUT2D eigenvalue weighted by atomic mass is 10.1. The molecule has 7 nitrogen and oxygen atoms in total. The topological polar surface area (TPSA) is 86.1 Å². The van der Waals surface area contributed by atoms with Gasteiger partial charge >= 0.3 is 5.97 Å². The molecule has 0 aliphatic carbocycles. The van der Waals surface area contributed by atoms with Gasteiger partial charge in [0.25, 0.3) is 5.91 Å². The van der Waals surface area contributed by atoms with E-state index in [2.05, 4.69) is 29.2 Å². The van der Waals surface area contributed by atoms with Crippen LogP contribution in [0.4, 0.5) is 5.13 Å². The molecule has 0 fully saturated rings. The average molecular weight is 372 g/mol. The van der Waals surface area contributed by atoms with E-state index in [0.717, 1.165) is 15.8 Å². The highest BCUT2D eigenvalue weighted by Gasteiger charge is 2.22. The Bertz CT molecular complexity index is 974. The summed E-state index contributed by atoms with van der Waals surface area (Å²) in [5, 5.41) is 8.19. The molecule has 136 valence electrons. The van der Waals surface area contributed by atoms with Gasteiger partial charge in [-0.05, 0) is 18.4 Å². The summed E-state index contributed by atoms with van der Waals surface area (Å²) in [5.41, 5.74) is 1.45. The lowest BCUT2D eigenvalue weighted by Crippen LogP contribution is -2.13. The molecule has 26 heavy (non-hydrogen) atoms. The number of para-hydroxylation sites is 1. The van der Waals surface area contributed by atoms with Crippen molar-refractivity contribution in [2.24, 2.45) is 13.0 Å². The first-order chi connectivity index (χ1) is 12.4. The third-order valence-electron chi connectivity index (χ3n) is 3.86. The zero-order valence-electron chi connectivity index (χ0n) is 15.1. The molecule has 2 aromatic heterocycles. The second-order valence-electron chi connectivity index (χ2n) is 6.32. The standard InChI is InChI=1S/C18H20N4O3S/c1-10(2)9-13-15(17(24)25-4)19-18(26-13)20-16(23)14-11-7-5-6-8-12(11)22(3)21-14/h5-8,10H,9H2,1-4H3,(H,19,20,23). The number of rotatable bonds is 5. The Hall–Kier alpha value is -2.74. The van der Waals surface area contributed by atoms with E-state index in [9.17, 15) is 9.59 Å². The van der Waals surface area contributed by atoms with Crippen molar-refractivity contribution in [3.63, 3.8) is 0 Å². The Morgan fingerprint density at radius 2 is 2.00 bits per heavy atom. The van der Waals surface area contributed by atoms with Crippen LogP contribution in [0.2, 0.25) is 0 Å². The number of hydrogen-bond acceptors (Lipinski definition) is 6. The van der Waals surface area contributed by atoms with E-state index < -0.39 is 5.97 Å². The van der Waals surface area contributed by atoms with Gasteiger partial charge in [-0.1, -0.05) is 32.0 Å². The third-order valence-corrected chi connectivity index (χ3v) is 4.86. The van der Waals surface area contributed by atoms with Gasteiger partial charge in [0.2, 0.25) is 0 Å². The van der Waals surface area contributed by atoms with Crippen LogP contribution in [0.15, 0.2) is 24.3 Å². The number of carbonyl (C=O) groups is 2. The Morgan fingerprint density at radius 3 is 2.69 bits per heavy atom. The van der Waals surface area contributed by atoms with E-state index in [-0.39, 0.29) is 11.6 Å². The molecule has 0 saturated heterocycles. The molecule has 0 radical (unpaired) electrons. The first-order valence-corrected chi connectivity index (χ1v) is 9.03. The number of fused-ring (bicyclic) bond motifs is 1. The zero-order valence-corrected chi connectivity index (χ0v) is 15.9. The molecule has 0 spiro atoms. The van der Waals surface area contributed by atoms with Crippen LogP contribution in [0.1, 0.15) is 39.7 Å². The first kappa shape index (κ1) is 18.1. The minimum absolute atomic E-state index is 0.257. The van der Waals surface area contributed by atoms with Crippen LogP contribution in [-0.2, 0) is 18.2 Å². The molecule has 8 heteroatoms. The predicted octanol–water partition coefficient (Wildman–Crippen LogP) is 3.27. The number of hydrogen-bond donors (Lipinski definition) is 1. The molecule has 1 amide bonds. The molecule has 3 rings (SSSR count). The summed E-state index contributed by atoms with van der Waals surface area (Å²) < 4.78 is 6.46. The van der Waals surface area contributed by atoms with E-state index in [4.69, 9.17) is 4.74 Å². The SMILES string of the molecule is COC(=O)c1nc(NC(=O)c2nn(C)c3ccccc23)sc1CC(C)C. The summed E-state index contributed by atoms with van der Waals surface area (Å²) in [4.78, 5) is 29.7. The number of aryl methyl sites for hydroxylation is 1. The predicted molar refractivity (Wildman–Crippen MR) is 101 cm³/mol. The van der Waals surface area contributed by atoms with E-state index in [1.165, 1.54) is 18.4 Å². The van der Waals surface area contributed by atoms with Crippen LogP contribution in [0.5, 0.6) is 0 Å². The van der Waals surface area contributed by atoms with Crippen LogP contribution in [0, 0.1) is 5.92 Å². The van der Waals surface area contributed by atoms with E-state index in [1.54, 1.807) is 11.7 Å². The van der Waals surface area contributed by atoms with Gasteiger partial charge in [0.15, 0.2) is 16.5 Å². The van der Waals surface area contributed by atoms with Gasteiger partial charge in [0, 0.05) is 17.3 Å². The highest BCUT2D eigenvalue weighted by molar-refractivity contribution is 7.16. The summed E-state index contributed by atoms with van der Waals surface area (Å²) in [5.74, 6) is -0.508. The fourth-order valence-electron chi connectivity index (χ4n) is 2.71. The second kappa shape index (κ2) is 7.25. The van der Waals surface area contributed by atoms with Crippen LogP contribution in [-0.4, -0.2) is 33.8 Å². The molecule has 0 atom stereocenters. The molecule has 0 aliphatic heterocycles. The minimum Gasteiger partial charge on any atom is -0.464 e. The van der Waals surface area contributed by atoms with Gasteiger partial charge in [0.05, 0.1) is 12.6 Å². The monoisotopic (exact) mass is 372 g/mol. The molecule has 0 saturated carbocycles. The number of methoxy groups -OCH3 is 1. The number of nitrogens with zero attached hydrogens (tertiary/aromatic N) is 3. The van der Waals surface area contributed by atoms with Gasteiger partial charge < -0.3 is 4.74 Å². The van der Waals surface area contributed by atoms with Crippen LogP contribution in [0.25, 0.3) is 10.9 Å². The number of amides is 1. The van der Waals surface area contributed by atoms with Crippen molar-refractivity contribution in [2.75, 3.05) is 12.4 Å². The molecule has 0 unspecified atom stereocenters. The van der Waals surface area contributed by atoms with Gasteiger partial charge in [-0.25, -0.2) is 9.78 Å². The van der Waals surface area contributed by atoms with Crippen molar-refractivity contribution < 1.29 is 14.3 Å². The zero-order chi connectivity index (χ0) is 18.8.